The van der Waals surface area contributed by atoms with Crippen LogP contribution in [0.15, 0.2) is 60.9 Å². The SMILES string of the molecule is Cc1cc(OCCCn2c(C(C)NC(=O)c3ccncc3)nc3ccccc32)cc(C)c1Cl. The number of nitrogens with one attached hydrogen (secondary N) is 1. The zero-order valence-corrected chi connectivity index (χ0v) is 19.8. The van der Waals surface area contributed by atoms with E-state index >= 15 is 0 Å². The monoisotopic (exact) mass is 462 g/mol. The summed E-state index contributed by atoms with van der Waals surface area (Å²) < 4.78 is 8.15. The molecule has 4 rings (SSSR count). The van der Waals surface area contributed by atoms with Crippen molar-refractivity contribution in [1.82, 2.24) is 19.9 Å². The molecule has 1 unspecified atom stereocenters. The highest BCUT2D eigenvalue weighted by molar-refractivity contribution is 6.32. The predicted molar refractivity (Wildman–Crippen MR) is 131 cm³/mol. The summed E-state index contributed by atoms with van der Waals surface area (Å²) in [5.41, 5.74) is 4.53. The maximum absolute atomic E-state index is 12.6. The molecule has 4 aromatic rings. The summed E-state index contributed by atoms with van der Waals surface area (Å²) in [6.07, 6.45) is 4.01. The highest BCUT2D eigenvalue weighted by atomic mass is 35.5. The van der Waals surface area contributed by atoms with E-state index in [2.05, 4.69) is 20.9 Å². The lowest BCUT2D eigenvalue weighted by atomic mass is 10.1. The molecule has 0 radical (unpaired) electrons. The standard InChI is InChI=1S/C26H27ClN4O2/c1-17-15-21(16-18(2)24(17)27)33-14-6-13-31-23-8-5-4-7-22(23)30-25(31)19(3)29-26(32)20-9-11-28-12-10-20/h4-5,7-12,15-16,19H,6,13-14H2,1-3H3,(H,29,32). The summed E-state index contributed by atoms with van der Waals surface area (Å²) >= 11 is 6.26. The minimum atomic E-state index is -0.263. The van der Waals surface area contributed by atoms with E-state index in [9.17, 15) is 4.79 Å². The Balaban J connectivity index is 1.47. The Morgan fingerprint density at radius 2 is 1.82 bits per heavy atom. The smallest absolute Gasteiger partial charge is 0.251 e. The van der Waals surface area contributed by atoms with E-state index in [0.717, 1.165) is 51.7 Å². The van der Waals surface area contributed by atoms with Gasteiger partial charge in [0.25, 0.3) is 5.91 Å². The number of aromatic nitrogens is 3. The fourth-order valence-corrected chi connectivity index (χ4v) is 4.02. The lowest BCUT2D eigenvalue weighted by molar-refractivity contribution is 0.0937. The molecule has 2 aromatic carbocycles. The molecule has 170 valence electrons. The first-order chi connectivity index (χ1) is 15.9. The lowest BCUT2D eigenvalue weighted by Gasteiger charge is -2.17. The molecule has 2 aromatic heterocycles. The zero-order valence-electron chi connectivity index (χ0n) is 19.0. The van der Waals surface area contributed by atoms with Crippen molar-refractivity contribution in [1.29, 1.82) is 0 Å². The van der Waals surface area contributed by atoms with Gasteiger partial charge in [0.15, 0.2) is 0 Å². The number of hydrogen-bond acceptors (Lipinski definition) is 4. The van der Waals surface area contributed by atoms with Gasteiger partial charge in [0.05, 0.1) is 23.7 Å². The number of nitrogens with zero attached hydrogens (tertiary/aromatic N) is 3. The van der Waals surface area contributed by atoms with Crippen LogP contribution in [0.25, 0.3) is 11.0 Å². The largest absolute Gasteiger partial charge is 0.494 e. The Kier molecular flexibility index (Phi) is 6.94. The normalized spacial score (nSPS) is 12.0. The third-order valence-corrected chi connectivity index (χ3v) is 6.16. The van der Waals surface area contributed by atoms with Crippen molar-refractivity contribution in [2.75, 3.05) is 6.61 Å². The Bertz CT molecular complexity index is 1250. The topological polar surface area (TPSA) is 69.0 Å². The predicted octanol–water partition coefficient (Wildman–Crippen LogP) is 5.66. The van der Waals surface area contributed by atoms with Crippen LogP contribution in [0.1, 0.15) is 46.7 Å². The fraction of sp³-hybridized carbons (Fsp3) is 0.269. The Morgan fingerprint density at radius 1 is 1.12 bits per heavy atom. The van der Waals surface area contributed by atoms with Crippen molar-refractivity contribution < 1.29 is 9.53 Å². The second-order valence-electron chi connectivity index (χ2n) is 8.11. The molecule has 0 spiro atoms. The summed E-state index contributed by atoms with van der Waals surface area (Å²) in [6, 6.07) is 15.1. The summed E-state index contributed by atoms with van der Waals surface area (Å²) in [5.74, 6) is 1.49. The third kappa shape index (κ3) is 5.17. The number of aryl methyl sites for hydroxylation is 3. The van der Waals surface area contributed by atoms with E-state index in [1.807, 2.05) is 51.1 Å². The van der Waals surface area contributed by atoms with Gasteiger partial charge in [-0.25, -0.2) is 4.98 Å². The number of fused-ring (bicyclic) bond motifs is 1. The highest BCUT2D eigenvalue weighted by Crippen LogP contribution is 2.26. The van der Waals surface area contributed by atoms with Gasteiger partial charge >= 0.3 is 0 Å². The van der Waals surface area contributed by atoms with Gasteiger partial charge in [-0.3, -0.25) is 9.78 Å². The van der Waals surface area contributed by atoms with Crippen LogP contribution < -0.4 is 10.1 Å². The van der Waals surface area contributed by atoms with Gasteiger partial charge < -0.3 is 14.6 Å². The molecule has 0 bridgehead atoms. The Morgan fingerprint density at radius 3 is 2.55 bits per heavy atom. The van der Waals surface area contributed by atoms with Crippen LogP contribution in [-0.4, -0.2) is 27.0 Å². The molecule has 1 N–H and O–H groups in total. The second-order valence-corrected chi connectivity index (χ2v) is 8.49. The first-order valence-corrected chi connectivity index (χ1v) is 11.4. The van der Waals surface area contributed by atoms with Crippen molar-refractivity contribution in [3.63, 3.8) is 0 Å². The van der Waals surface area contributed by atoms with Crippen molar-refractivity contribution in [2.24, 2.45) is 0 Å². The van der Waals surface area contributed by atoms with Crippen molar-refractivity contribution in [2.45, 2.75) is 39.8 Å². The Labute approximate surface area is 198 Å². The third-order valence-electron chi connectivity index (χ3n) is 5.57. The summed E-state index contributed by atoms with van der Waals surface area (Å²) in [5, 5.41) is 3.83. The lowest BCUT2D eigenvalue weighted by Crippen LogP contribution is -2.28. The molecular formula is C26H27ClN4O2. The van der Waals surface area contributed by atoms with Crippen LogP contribution in [0, 0.1) is 13.8 Å². The van der Waals surface area contributed by atoms with Crippen molar-refractivity contribution in [3.8, 4) is 5.75 Å². The minimum absolute atomic E-state index is 0.152. The van der Waals surface area contributed by atoms with Crippen molar-refractivity contribution in [3.05, 3.63) is 88.5 Å². The number of amides is 1. The molecular weight excluding hydrogens is 436 g/mol. The van der Waals surface area contributed by atoms with Crippen LogP contribution in [0.4, 0.5) is 0 Å². The van der Waals surface area contributed by atoms with Gasteiger partial charge in [0.1, 0.15) is 11.6 Å². The molecule has 1 amide bonds. The molecule has 0 aliphatic rings. The van der Waals surface area contributed by atoms with Crippen LogP contribution in [-0.2, 0) is 6.54 Å². The maximum atomic E-state index is 12.6. The molecule has 7 heteroatoms. The molecule has 2 heterocycles. The molecule has 0 aliphatic carbocycles. The average Bonchev–Trinajstić information content (AvgIpc) is 3.19. The number of carbonyl (C=O) groups excluding carboxylic acids is 1. The van der Waals surface area contributed by atoms with E-state index in [-0.39, 0.29) is 11.9 Å². The van der Waals surface area contributed by atoms with Gasteiger partial charge in [-0.2, -0.15) is 0 Å². The van der Waals surface area contributed by atoms with E-state index in [4.69, 9.17) is 21.3 Å². The van der Waals surface area contributed by atoms with E-state index in [1.54, 1.807) is 24.5 Å². The maximum Gasteiger partial charge on any atom is 0.251 e. The number of rotatable bonds is 8. The molecule has 33 heavy (non-hydrogen) atoms. The number of imidazole rings is 1. The van der Waals surface area contributed by atoms with Crippen LogP contribution in [0.2, 0.25) is 5.02 Å². The van der Waals surface area contributed by atoms with E-state index in [1.165, 1.54) is 0 Å². The van der Waals surface area contributed by atoms with E-state index < -0.39 is 0 Å². The molecule has 0 fully saturated rings. The molecule has 0 saturated carbocycles. The van der Waals surface area contributed by atoms with Crippen LogP contribution in [0.3, 0.4) is 0 Å². The summed E-state index contributed by atoms with van der Waals surface area (Å²) in [6.45, 7) is 7.19. The quantitative estimate of drug-likeness (QED) is 0.343. The molecule has 1 atom stereocenters. The number of hydrogen-bond donors (Lipinski definition) is 1. The number of ether oxygens (including phenoxy) is 1. The summed E-state index contributed by atoms with van der Waals surface area (Å²) in [7, 11) is 0. The Hall–Kier alpha value is -3.38. The van der Waals surface area contributed by atoms with Gasteiger partial charge in [-0.1, -0.05) is 23.7 Å². The van der Waals surface area contributed by atoms with E-state index in [0.29, 0.717) is 12.2 Å². The fourth-order valence-electron chi connectivity index (χ4n) is 3.91. The second kappa shape index (κ2) is 10.0. The number of carbonyl (C=O) groups is 1. The zero-order chi connectivity index (χ0) is 23.4. The van der Waals surface area contributed by atoms with Crippen LogP contribution >= 0.6 is 11.6 Å². The molecule has 0 aliphatic heterocycles. The molecule has 0 saturated heterocycles. The number of para-hydroxylation sites is 2. The highest BCUT2D eigenvalue weighted by Gasteiger charge is 2.19. The van der Waals surface area contributed by atoms with Gasteiger partial charge in [-0.05, 0) is 74.7 Å². The van der Waals surface area contributed by atoms with Crippen LogP contribution in [0.5, 0.6) is 5.75 Å². The number of pyridine rings is 1. The number of benzene rings is 2. The van der Waals surface area contributed by atoms with Gasteiger partial charge in [0.2, 0.25) is 0 Å². The first-order valence-electron chi connectivity index (χ1n) is 11.0. The average molecular weight is 463 g/mol. The van der Waals surface area contributed by atoms with Crippen molar-refractivity contribution >= 4 is 28.5 Å². The first kappa shape index (κ1) is 22.8. The summed E-state index contributed by atoms with van der Waals surface area (Å²) in [4.78, 5) is 21.4. The van der Waals surface area contributed by atoms with Gasteiger partial charge in [0, 0.05) is 29.5 Å². The minimum Gasteiger partial charge on any atom is -0.494 e. The van der Waals surface area contributed by atoms with Gasteiger partial charge in [-0.15, -0.1) is 0 Å². The number of halogens is 1. The molecule has 6 nitrogen and oxygen atoms in total.